The number of hydrogen-bond acceptors (Lipinski definition) is 6. The monoisotopic (exact) mass is 411 g/mol. The van der Waals surface area contributed by atoms with Gasteiger partial charge in [-0.3, -0.25) is 4.98 Å². The number of benzene rings is 2. The predicted octanol–water partition coefficient (Wildman–Crippen LogP) is 4.34. The number of nitrogens with zero attached hydrogens (tertiary/aromatic N) is 5. The molecule has 1 aliphatic rings. The van der Waals surface area contributed by atoms with E-state index < -0.39 is 0 Å². The van der Waals surface area contributed by atoms with Gasteiger partial charge in [-0.15, -0.1) is 0 Å². The van der Waals surface area contributed by atoms with Crippen LogP contribution in [0.2, 0.25) is 0 Å². The summed E-state index contributed by atoms with van der Waals surface area (Å²) in [5.41, 5.74) is 5.66. The van der Waals surface area contributed by atoms with Crippen molar-refractivity contribution in [3.05, 3.63) is 72.1 Å². The van der Waals surface area contributed by atoms with Crippen LogP contribution in [0.25, 0.3) is 22.2 Å². The smallest absolute Gasteiger partial charge is 0.147 e. The highest BCUT2D eigenvalue weighted by Crippen LogP contribution is 2.30. The molecule has 0 unspecified atom stereocenters. The van der Waals surface area contributed by atoms with Crippen LogP contribution in [0, 0.1) is 13.8 Å². The molecule has 0 amide bonds. The molecule has 3 heterocycles. The van der Waals surface area contributed by atoms with Gasteiger partial charge in [0.15, 0.2) is 0 Å². The topological polar surface area (TPSA) is 65.4 Å². The lowest BCUT2D eigenvalue weighted by Gasteiger charge is -2.35. The van der Waals surface area contributed by atoms with Crippen LogP contribution in [0.1, 0.15) is 11.1 Å². The molecule has 0 saturated carbocycles. The molecule has 0 atom stereocenters. The minimum Gasteiger partial charge on any atom is -0.507 e. The summed E-state index contributed by atoms with van der Waals surface area (Å²) in [6, 6.07) is 16.2. The van der Waals surface area contributed by atoms with E-state index in [2.05, 4.69) is 38.0 Å². The first-order valence-corrected chi connectivity index (χ1v) is 10.6. The Balaban J connectivity index is 1.40. The summed E-state index contributed by atoms with van der Waals surface area (Å²) >= 11 is 0. The van der Waals surface area contributed by atoms with Crippen molar-refractivity contribution >= 4 is 22.7 Å². The van der Waals surface area contributed by atoms with Crippen molar-refractivity contribution in [1.29, 1.82) is 0 Å². The molecule has 6 nitrogen and oxygen atoms in total. The Hall–Kier alpha value is -3.67. The highest BCUT2D eigenvalue weighted by atomic mass is 16.3. The van der Waals surface area contributed by atoms with Crippen molar-refractivity contribution < 1.29 is 5.11 Å². The Morgan fingerprint density at radius 2 is 1.45 bits per heavy atom. The van der Waals surface area contributed by atoms with Crippen molar-refractivity contribution in [3.63, 3.8) is 0 Å². The summed E-state index contributed by atoms with van der Waals surface area (Å²) in [7, 11) is 0. The number of fused-ring (bicyclic) bond motifs is 1. The van der Waals surface area contributed by atoms with E-state index >= 15 is 0 Å². The van der Waals surface area contributed by atoms with Gasteiger partial charge in [-0.05, 0) is 72.5 Å². The zero-order chi connectivity index (χ0) is 21.4. The molecule has 5 rings (SSSR count). The van der Waals surface area contributed by atoms with Gasteiger partial charge < -0.3 is 14.9 Å². The Kier molecular flexibility index (Phi) is 4.90. The van der Waals surface area contributed by atoms with Crippen LogP contribution >= 0.6 is 0 Å². The second-order valence-electron chi connectivity index (χ2n) is 8.05. The molecule has 2 aromatic carbocycles. The first-order valence-electron chi connectivity index (χ1n) is 10.6. The molecule has 1 fully saturated rings. The fourth-order valence-electron chi connectivity index (χ4n) is 4.16. The Morgan fingerprint density at radius 1 is 0.742 bits per heavy atom. The maximum Gasteiger partial charge on any atom is 0.147 e. The normalized spacial score (nSPS) is 14.3. The summed E-state index contributed by atoms with van der Waals surface area (Å²) in [6.07, 6.45) is 3.71. The van der Waals surface area contributed by atoms with Crippen molar-refractivity contribution in [2.75, 3.05) is 36.0 Å². The highest BCUT2D eigenvalue weighted by molar-refractivity contribution is 5.82. The van der Waals surface area contributed by atoms with Crippen LogP contribution in [-0.2, 0) is 0 Å². The number of phenols is 1. The highest BCUT2D eigenvalue weighted by Gasteiger charge is 2.19. The van der Waals surface area contributed by atoms with Crippen LogP contribution in [-0.4, -0.2) is 46.2 Å². The van der Waals surface area contributed by atoms with Gasteiger partial charge in [0.05, 0.1) is 17.2 Å². The number of phenolic OH excluding ortho intramolecular Hbond substituents is 1. The third kappa shape index (κ3) is 3.77. The zero-order valence-electron chi connectivity index (χ0n) is 17.8. The number of aryl methyl sites for hydroxylation is 2. The van der Waals surface area contributed by atoms with Gasteiger partial charge in [-0.2, -0.15) is 0 Å². The molecule has 1 saturated heterocycles. The van der Waals surface area contributed by atoms with Gasteiger partial charge in [-0.1, -0.05) is 12.1 Å². The summed E-state index contributed by atoms with van der Waals surface area (Å²) in [6.45, 7) is 7.43. The number of hydrogen-bond donors (Lipinski definition) is 1. The summed E-state index contributed by atoms with van der Waals surface area (Å²) in [5.74, 6) is 2.29. The number of aromatic nitrogens is 3. The molecule has 0 aliphatic carbocycles. The third-order valence-electron chi connectivity index (χ3n) is 5.93. The summed E-state index contributed by atoms with van der Waals surface area (Å²) in [4.78, 5) is 18.6. The SMILES string of the molecule is Cc1cc(-c2ccc3ncc(N4CCN(c5ccccn5)CC4)nc3c2)cc(C)c1O. The fourth-order valence-corrected chi connectivity index (χ4v) is 4.16. The summed E-state index contributed by atoms with van der Waals surface area (Å²) < 4.78 is 0. The molecule has 2 aromatic heterocycles. The first-order chi connectivity index (χ1) is 15.1. The lowest BCUT2D eigenvalue weighted by Crippen LogP contribution is -2.47. The van der Waals surface area contributed by atoms with E-state index in [1.165, 1.54) is 0 Å². The van der Waals surface area contributed by atoms with Gasteiger partial charge in [0.1, 0.15) is 17.4 Å². The van der Waals surface area contributed by atoms with E-state index in [9.17, 15) is 5.11 Å². The molecule has 31 heavy (non-hydrogen) atoms. The quantitative estimate of drug-likeness (QED) is 0.541. The van der Waals surface area contributed by atoms with Gasteiger partial charge in [0.25, 0.3) is 0 Å². The molecule has 0 bridgehead atoms. The first kappa shape index (κ1) is 19.3. The predicted molar refractivity (Wildman–Crippen MR) is 125 cm³/mol. The molecule has 4 aromatic rings. The average molecular weight is 412 g/mol. The average Bonchev–Trinajstić information content (AvgIpc) is 2.82. The maximum absolute atomic E-state index is 10.1. The van der Waals surface area contributed by atoms with Crippen molar-refractivity contribution in [2.24, 2.45) is 0 Å². The van der Waals surface area contributed by atoms with Crippen molar-refractivity contribution in [3.8, 4) is 16.9 Å². The van der Waals surface area contributed by atoms with E-state index in [0.717, 1.165) is 71.1 Å². The van der Waals surface area contributed by atoms with Gasteiger partial charge in [0, 0.05) is 32.4 Å². The number of pyridine rings is 1. The molecule has 0 spiro atoms. The second-order valence-corrected chi connectivity index (χ2v) is 8.05. The maximum atomic E-state index is 10.1. The molecule has 0 radical (unpaired) electrons. The van der Waals surface area contributed by atoms with Gasteiger partial charge in [0.2, 0.25) is 0 Å². The zero-order valence-corrected chi connectivity index (χ0v) is 17.8. The number of piperazine rings is 1. The Labute approximate surface area is 181 Å². The van der Waals surface area contributed by atoms with Crippen LogP contribution in [0.4, 0.5) is 11.6 Å². The van der Waals surface area contributed by atoms with E-state index in [1.54, 1.807) is 0 Å². The lowest BCUT2D eigenvalue weighted by atomic mass is 9.99. The van der Waals surface area contributed by atoms with Gasteiger partial charge >= 0.3 is 0 Å². The Morgan fingerprint density at radius 3 is 2.13 bits per heavy atom. The van der Waals surface area contributed by atoms with E-state index in [-0.39, 0.29) is 0 Å². The van der Waals surface area contributed by atoms with E-state index in [4.69, 9.17) is 4.98 Å². The van der Waals surface area contributed by atoms with E-state index in [1.807, 2.05) is 56.6 Å². The van der Waals surface area contributed by atoms with Crippen LogP contribution in [0.15, 0.2) is 60.9 Å². The number of rotatable bonds is 3. The third-order valence-corrected chi connectivity index (χ3v) is 5.93. The molecule has 1 aliphatic heterocycles. The van der Waals surface area contributed by atoms with Crippen molar-refractivity contribution in [2.45, 2.75) is 13.8 Å². The van der Waals surface area contributed by atoms with Crippen LogP contribution in [0.3, 0.4) is 0 Å². The standard InChI is InChI=1S/C25H25N5O/c1-17-13-20(14-18(2)25(17)31)19-6-7-21-22(15-19)28-24(16-27-21)30-11-9-29(10-12-30)23-5-3-4-8-26-23/h3-8,13-16,31H,9-12H2,1-2H3. The number of aromatic hydroxyl groups is 1. The van der Waals surface area contributed by atoms with Gasteiger partial charge in [-0.25, -0.2) is 9.97 Å². The van der Waals surface area contributed by atoms with Crippen LogP contribution in [0.5, 0.6) is 5.75 Å². The molecule has 1 N–H and O–H groups in total. The molecular weight excluding hydrogens is 386 g/mol. The fraction of sp³-hybridized carbons (Fsp3) is 0.240. The molecule has 156 valence electrons. The molecular formula is C25H25N5O. The Bertz CT molecular complexity index is 1210. The minimum atomic E-state index is 0.358. The van der Waals surface area contributed by atoms with Crippen LogP contribution < -0.4 is 9.80 Å². The minimum absolute atomic E-state index is 0.358. The summed E-state index contributed by atoms with van der Waals surface area (Å²) in [5, 5.41) is 10.1. The number of anilines is 2. The van der Waals surface area contributed by atoms with E-state index in [0.29, 0.717) is 5.75 Å². The second kappa shape index (κ2) is 7.87. The lowest BCUT2D eigenvalue weighted by molar-refractivity contribution is 0.467. The molecule has 6 heteroatoms. The largest absolute Gasteiger partial charge is 0.507 e. The van der Waals surface area contributed by atoms with Crippen molar-refractivity contribution in [1.82, 2.24) is 15.0 Å².